The molecule has 2 aromatic carbocycles. The van der Waals surface area contributed by atoms with E-state index in [9.17, 15) is 9.59 Å². The number of carbonyl (C=O) groups excluding carboxylic acids is 2. The number of nitrogens with one attached hydrogen (secondary N) is 1. The molecule has 1 N–H and O–H groups in total. The van der Waals surface area contributed by atoms with Crippen LogP contribution in [0.15, 0.2) is 54.9 Å². The highest BCUT2D eigenvalue weighted by Gasteiger charge is 2.23. The predicted molar refractivity (Wildman–Crippen MR) is 92.2 cm³/mol. The summed E-state index contributed by atoms with van der Waals surface area (Å²) in [5.41, 5.74) is 2.22. The van der Waals surface area contributed by atoms with Gasteiger partial charge in [0.25, 0.3) is 5.91 Å². The molecule has 0 saturated carbocycles. The van der Waals surface area contributed by atoms with Gasteiger partial charge in [0.15, 0.2) is 0 Å². The summed E-state index contributed by atoms with van der Waals surface area (Å²) in [4.78, 5) is 25.9. The van der Waals surface area contributed by atoms with Crippen molar-refractivity contribution in [2.24, 2.45) is 0 Å². The number of anilines is 2. The third kappa shape index (κ3) is 2.97. The van der Waals surface area contributed by atoms with Gasteiger partial charge >= 0.3 is 6.09 Å². The summed E-state index contributed by atoms with van der Waals surface area (Å²) >= 11 is 0. The Morgan fingerprint density at radius 2 is 2.04 bits per heavy atom. The van der Waals surface area contributed by atoms with Crippen molar-refractivity contribution in [1.29, 1.82) is 0 Å². The van der Waals surface area contributed by atoms with Crippen LogP contribution in [0.3, 0.4) is 0 Å². The lowest BCUT2D eigenvalue weighted by Crippen LogP contribution is -2.23. The van der Waals surface area contributed by atoms with Crippen molar-refractivity contribution in [3.05, 3.63) is 60.4 Å². The zero-order valence-electron chi connectivity index (χ0n) is 13.6. The van der Waals surface area contributed by atoms with Crippen molar-refractivity contribution in [3.8, 4) is 5.69 Å². The summed E-state index contributed by atoms with van der Waals surface area (Å²) in [7, 11) is 0. The van der Waals surface area contributed by atoms with Crippen LogP contribution in [0.1, 0.15) is 10.4 Å². The highest BCUT2D eigenvalue weighted by atomic mass is 16.6. The van der Waals surface area contributed by atoms with E-state index in [1.807, 2.05) is 0 Å². The quantitative estimate of drug-likeness (QED) is 0.771. The van der Waals surface area contributed by atoms with Crippen LogP contribution in [0, 0.1) is 0 Å². The molecule has 1 aliphatic rings. The minimum atomic E-state index is -0.391. The van der Waals surface area contributed by atoms with Gasteiger partial charge in [0.05, 0.1) is 17.8 Å². The third-order valence-electron chi connectivity index (χ3n) is 3.92. The zero-order chi connectivity index (χ0) is 17.9. The molecule has 0 bridgehead atoms. The van der Waals surface area contributed by atoms with Crippen LogP contribution in [-0.2, 0) is 4.74 Å². The van der Waals surface area contributed by atoms with Gasteiger partial charge in [-0.25, -0.2) is 4.79 Å². The first-order chi connectivity index (χ1) is 12.7. The van der Waals surface area contributed by atoms with Crippen molar-refractivity contribution in [2.45, 2.75) is 0 Å². The van der Waals surface area contributed by atoms with Crippen LogP contribution < -0.4 is 10.2 Å². The van der Waals surface area contributed by atoms with Crippen molar-refractivity contribution in [1.82, 2.24) is 20.2 Å². The normalized spacial score (nSPS) is 13.5. The first-order valence-corrected chi connectivity index (χ1v) is 7.90. The van der Waals surface area contributed by atoms with Gasteiger partial charge < -0.3 is 10.1 Å². The van der Waals surface area contributed by atoms with Crippen molar-refractivity contribution < 1.29 is 14.3 Å². The van der Waals surface area contributed by atoms with Crippen molar-refractivity contribution >= 4 is 23.4 Å². The topological polar surface area (TPSA) is 102 Å². The first-order valence-electron chi connectivity index (χ1n) is 7.90. The molecule has 0 atom stereocenters. The second-order valence-corrected chi connectivity index (χ2v) is 5.54. The Kier molecular flexibility index (Phi) is 4.02. The maximum Gasteiger partial charge on any atom is 0.414 e. The monoisotopic (exact) mass is 350 g/mol. The van der Waals surface area contributed by atoms with Gasteiger partial charge in [-0.2, -0.15) is 4.68 Å². The molecule has 2 amide bonds. The average molecular weight is 350 g/mol. The molecule has 4 rings (SSSR count). The molecular formula is C17H14N6O3. The SMILES string of the molecule is O=C(Nc1cccc(N2CCOC2=O)c1)c1ccccc1-n1cnnn1. The molecule has 2 heterocycles. The van der Waals surface area contributed by atoms with Crippen LogP contribution in [0.5, 0.6) is 0 Å². The lowest BCUT2D eigenvalue weighted by molar-refractivity contribution is 0.102. The summed E-state index contributed by atoms with van der Waals surface area (Å²) in [6, 6.07) is 14.0. The number of cyclic esters (lactones) is 1. The van der Waals surface area contributed by atoms with E-state index in [1.165, 1.54) is 15.9 Å². The van der Waals surface area contributed by atoms with Gasteiger partial charge in [-0.3, -0.25) is 9.69 Å². The van der Waals surface area contributed by atoms with E-state index in [2.05, 4.69) is 20.8 Å². The molecule has 1 saturated heterocycles. The number of ether oxygens (including phenoxy) is 1. The maximum atomic E-state index is 12.7. The molecule has 0 spiro atoms. The molecule has 3 aromatic rings. The lowest BCUT2D eigenvalue weighted by Gasteiger charge is -2.14. The van der Waals surface area contributed by atoms with Crippen molar-refractivity contribution in [2.75, 3.05) is 23.4 Å². The van der Waals surface area contributed by atoms with E-state index in [0.717, 1.165) is 0 Å². The number of carbonyl (C=O) groups is 2. The number of benzene rings is 2. The Bertz CT molecular complexity index is 957. The second-order valence-electron chi connectivity index (χ2n) is 5.54. The fourth-order valence-electron chi connectivity index (χ4n) is 2.72. The van der Waals surface area contributed by atoms with E-state index in [4.69, 9.17) is 4.74 Å². The van der Waals surface area contributed by atoms with Crippen LogP contribution >= 0.6 is 0 Å². The Morgan fingerprint density at radius 3 is 2.81 bits per heavy atom. The average Bonchev–Trinajstić information content (AvgIpc) is 3.33. The van der Waals surface area contributed by atoms with Gasteiger partial charge in [-0.05, 0) is 40.8 Å². The summed E-state index contributed by atoms with van der Waals surface area (Å²) < 4.78 is 6.37. The maximum absolute atomic E-state index is 12.7. The largest absolute Gasteiger partial charge is 0.447 e. The summed E-state index contributed by atoms with van der Waals surface area (Å²) in [6.45, 7) is 0.840. The molecule has 9 nitrogen and oxygen atoms in total. The van der Waals surface area contributed by atoms with Gasteiger partial charge in [-0.15, -0.1) is 5.10 Å². The minimum absolute atomic E-state index is 0.308. The first kappa shape index (κ1) is 15.8. The number of nitrogens with zero attached hydrogens (tertiary/aromatic N) is 5. The molecular weight excluding hydrogens is 336 g/mol. The molecule has 1 aromatic heterocycles. The van der Waals surface area contributed by atoms with Gasteiger partial charge in [-0.1, -0.05) is 18.2 Å². The highest BCUT2D eigenvalue weighted by Crippen LogP contribution is 2.23. The van der Waals surface area contributed by atoms with Crippen LogP contribution in [0.4, 0.5) is 16.2 Å². The van der Waals surface area contributed by atoms with Gasteiger partial charge in [0, 0.05) is 11.4 Å². The number of amides is 2. The Balaban J connectivity index is 1.59. The van der Waals surface area contributed by atoms with E-state index in [1.54, 1.807) is 48.5 Å². The van der Waals surface area contributed by atoms with Crippen LogP contribution in [0.25, 0.3) is 5.69 Å². The number of tetrazole rings is 1. The van der Waals surface area contributed by atoms with Crippen LogP contribution in [-0.4, -0.2) is 45.4 Å². The second kappa shape index (κ2) is 6.63. The Labute approximate surface area is 148 Å². The summed E-state index contributed by atoms with van der Waals surface area (Å²) in [5, 5.41) is 13.9. The van der Waals surface area contributed by atoms with E-state index < -0.39 is 6.09 Å². The van der Waals surface area contributed by atoms with Gasteiger partial charge in [0.2, 0.25) is 0 Å². The Hall–Kier alpha value is -3.75. The molecule has 0 unspecified atom stereocenters. The molecule has 26 heavy (non-hydrogen) atoms. The summed E-state index contributed by atoms with van der Waals surface area (Å²) in [6.07, 6.45) is 1.03. The van der Waals surface area contributed by atoms with Crippen molar-refractivity contribution in [3.63, 3.8) is 0 Å². The number of aromatic nitrogens is 4. The fraction of sp³-hybridized carbons (Fsp3) is 0.118. The molecule has 1 fully saturated rings. The molecule has 1 aliphatic heterocycles. The summed E-state index contributed by atoms with van der Waals surface area (Å²) in [5.74, 6) is -0.308. The third-order valence-corrected chi connectivity index (χ3v) is 3.92. The number of hydrogen-bond donors (Lipinski definition) is 1. The molecule has 0 aliphatic carbocycles. The molecule has 130 valence electrons. The number of para-hydroxylation sites is 1. The van der Waals surface area contributed by atoms with E-state index in [-0.39, 0.29) is 5.91 Å². The van der Waals surface area contributed by atoms with E-state index >= 15 is 0 Å². The minimum Gasteiger partial charge on any atom is -0.447 e. The lowest BCUT2D eigenvalue weighted by atomic mass is 10.1. The number of rotatable bonds is 4. The van der Waals surface area contributed by atoms with Gasteiger partial charge in [0.1, 0.15) is 12.9 Å². The highest BCUT2D eigenvalue weighted by molar-refractivity contribution is 6.07. The molecule has 9 heteroatoms. The smallest absolute Gasteiger partial charge is 0.414 e. The Morgan fingerprint density at radius 1 is 1.15 bits per heavy atom. The molecule has 0 radical (unpaired) electrons. The number of hydrogen-bond acceptors (Lipinski definition) is 6. The van der Waals surface area contributed by atoms with E-state index in [0.29, 0.717) is 35.8 Å². The fourth-order valence-corrected chi connectivity index (χ4v) is 2.72. The predicted octanol–water partition coefficient (Wildman–Crippen LogP) is 1.87. The van der Waals surface area contributed by atoms with Crippen LogP contribution in [0.2, 0.25) is 0 Å². The standard InChI is InChI=1S/C17H14N6O3/c24-16(14-6-1-2-7-15(14)23-11-18-20-21-23)19-12-4-3-5-13(10-12)22-8-9-26-17(22)25/h1-7,10-11H,8-9H2,(H,19,24). The zero-order valence-corrected chi connectivity index (χ0v) is 13.6.